The van der Waals surface area contributed by atoms with Gasteiger partial charge < -0.3 is 4.74 Å². The lowest BCUT2D eigenvalue weighted by atomic mass is 10.0. The van der Waals surface area contributed by atoms with Crippen molar-refractivity contribution in [1.29, 1.82) is 0 Å². The van der Waals surface area contributed by atoms with Crippen LogP contribution in [0.2, 0.25) is 0 Å². The van der Waals surface area contributed by atoms with Gasteiger partial charge in [-0.3, -0.25) is 0 Å². The molecule has 0 saturated heterocycles. The molecule has 0 aliphatic carbocycles. The number of benzene rings is 3. The Kier molecular flexibility index (Phi) is 2.45. The number of fused-ring (bicyclic) bond motifs is 2. The van der Waals surface area contributed by atoms with Crippen LogP contribution in [0.3, 0.4) is 0 Å². The summed E-state index contributed by atoms with van der Waals surface area (Å²) in [5.74, 6) is 0.843. The topological polar surface area (TPSA) is 9.23 Å². The van der Waals surface area contributed by atoms with Crippen molar-refractivity contribution in [2.45, 2.75) is 6.92 Å². The molecule has 3 aromatic rings. The van der Waals surface area contributed by atoms with Crippen molar-refractivity contribution in [3.63, 3.8) is 0 Å². The number of hydrogen-bond donors (Lipinski definition) is 0. The summed E-state index contributed by atoms with van der Waals surface area (Å²) in [7, 11) is 0. The Hall–Kier alpha value is -2.02. The van der Waals surface area contributed by atoms with Gasteiger partial charge in [-0.15, -0.1) is 0 Å². The molecule has 83 valence electrons. The smallest absolute Gasteiger partial charge is 0.135 e. The van der Waals surface area contributed by atoms with Gasteiger partial charge in [0.1, 0.15) is 5.75 Å². The Bertz CT molecular complexity index is 670. The SMILES string of the molecule is CCOc1[c]ccc2cc3ccccc3cc12. The summed E-state index contributed by atoms with van der Waals surface area (Å²) >= 11 is 0. The van der Waals surface area contributed by atoms with Crippen LogP contribution in [0.5, 0.6) is 5.75 Å². The van der Waals surface area contributed by atoms with Crippen molar-refractivity contribution >= 4 is 21.5 Å². The molecular formula is C16H13O. The highest BCUT2D eigenvalue weighted by atomic mass is 16.5. The van der Waals surface area contributed by atoms with Crippen molar-refractivity contribution in [1.82, 2.24) is 0 Å². The summed E-state index contributed by atoms with van der Waals surface area (Å²) in [4.78, 5) is 0. The third-order valence-corrected chi connectivity index (χ3v) is 2.93. The second kappa shape index (κ2) is 4.10. The summed E-state index contributed by atoms with van der Waals surface area (Å²) in [6.45, 7) is 2.66. The molecule has 1 nitrogen and oxygen atoms in total. The van der Waals surface area contributed by atoms with Crippen LogP contribution < -0.4 is 4.74 Å². The van der Waals surface area contributed by atoms with Gasteiger partial charge in [0.15, 0.2) is 0 Å². The van der Waals surface area contributed by atoms with Crippen molar-refractivity contribution in [2.75, 3.05) is 6.61 Å². The summed E-state index contributed by atoms with van der Waals surface area (Å²) in [5, 5.41) is 4.83. The second-order valence-electron chi connectivity index (χ2n) is 4.03. The Morgan fingerprint density at radius 2 is 1.76 bits per heavy atom. The van der Waals surface area contributed by atoms with Crippen LogP contribution >= 0.6 is 0 Å². The summed E-state index contributed by atoms with van der Waals surface area (Å²) in [6, 6.07) is 19.9. The summed E-state index contributed by atoms with van der Waals surface area (Å²) in [5.41, 5.74) is 0. The zero-order valence-corrected chi connectivity index (χ0v) is 9.73. The number of rotatable bonds is 2. The zero-order chi connectivity index (χ0) is 11.7. The van der Waals surface area contributed by atoms with Crippen LogP contribution in [-0.2, 0) is 0 Å². The maximum absolute atomic E-state index is 5.61. The largest absolute Gasteiger partial charge is 0.493 e. The van der Waals surface area contributed by atoms with Crippen molar-refractivity contribution in [2.24, 2.45) is 0 Å². The maximum atomic E-state index is 5.61. The molecule has 0 bridgehead atoms. The molecule has 0 aromatic heterocycles. The Morgan fingerprint density at radius 1 is 1.00 bits per heavy atom. The second-order valence-corrected chi connectivity index (χ2v) is 4.03. The van der Waals surface area contributed by atoms with Crippen LogP contribution in [-0.4, -0.2) is 6.61 Å². The first kappa shape index (κ1) is 10.2. The fraction of sp³-hybridized carbons (Fsp3) is 0.125. The van der Waals surface area contributed by atoms with E-state index in [0.29, 0.717) is 6.61 Å². The molecule has 0 unspecified atom stereocenters. The highest BCUT2D eigenvalue weighted by molar-refractivity contribution is 6.00. The summed E-state index contributed by atoms with van der Waals surface area (Å²) < 4.78 is 5.61. The molecule has 0 N–H and O–H groups in total. The zero-order valence-electron chi connectivity index (χ0n) is 9.73. The van der Waals surface area contributed by atoms with Gasteiger partial charge in [0.05, 0.1) is 6.61 Å². The third-order valence-electron chi connectivity index (χ3n) is 2.93. The monoisotopic (exact) mass is 221 g/mol. The van der Waals surface area contributed by atoms with Crippen molar-refractivity contribution in [3.05, 3.63) is 54.6 Å². The van der Waals surface area contributed by atoms with Crippen LogP contribution in [0.25, 0.3) is 21.5 Å². The number of hydrogen-bond acceptors (Lipinski definition) is 1. The third kappa shape index (κ3) is 1.74. The van der Waals surface area contributed by atoms with E-state index in [0.717, 1.165) is 11.1 Å². The Balaban J connectivity index is 2.35. The molecule has 1 radical (unpaired) electrons. The minimum atomic E-state index is 0.669. The minimum Gasteiger partial charge on any atom is -0.493 e. The first-order valence-corrected chi connectivity index (χ1v) is 5.84. The minimum absolute atomic E-state index is 0.669. The molecule has 1 heteroatoms. The average Bonchev–Trinajstić information content (AvgIpc) is 2.37. The Morgan fingerprint density at radius 3 is 2.53 bits per heavy atom. The van der Waals surface area contributed by atoms with E-state index < -0.39 is 0 Å². The van der Waals surface area contributed by atoms with Gasteiger partial charge >= 0.3 is 0 Å². The van der Waals surface area contributed by atoms with E-state index in [4.69, 9.17) is 4.74 Å². The highest BCUT2D eigenvalue weighted by Crippen LogP contribution is 2.29. The van der Waals surface area contributed by atoms with Gasteiger partial charge in [-0.25, -0.2) is 0 Å². The van der Waals surface area contributed by atoms with E-state index in [1.54, 1.807) is 0 Å². The molecule has 0 aliphatic heterocycles. The lowest BCUT2D eigenvalue weighted by Gasteiger charge is -2.08. The van der Waals surface area contributed by atoms with Crippen LogP contribution in [0.4, 0.5) is 0 Å². The van der Waals surface area contributed by atoms with Crippen LogP contribution in [0, 0.1) is 6.07 Å². The molecule has 3 aromatic carbocycles. The lowest BCUT2D eigenvalue weighted by Crippen LogP contribution is -1.92. The van der Waals surface area contributed by atoms with Gasteiger partial charge in [0.25, 0.3) is 0 Å². The quantitative estimate of drug-likeness (QED) is 0.589. The number of ether oxygens (including phenoxy) is 1. The van der Waals surface area contributed by atoms with E-state index in [9.17, 15) is 0 Å². The normalized spacial score (nSPS) is 10.9. The van der Waals surface area contributed by atoms with Gasteiger partial charge in [0.2, 0.25) is 0 Å². The van der Waals surface area contributed by atoms with Gasteiger partial charge in [-0.05, 0) is 41.3 Å². The molecule has 0 aliphatic rings. The fourth-order valence-electron chi connectivity index (χ4n) is 2.14. The van der Waals surface area contributed by atoms with Crippen LogP contribution in [0.15, 0.2) is 48.5 Å². The van der Waals surface area contributed by atoms with E-state index in [1.165, 1.54) is 16.2 Å². The van der Waals surface area contributed by atoms with E-state index >= 15 is 0 Å². The standard InChI is InChI=1S/C16H13O/c1-2-17-16-9-5-8-14-10-12-6-3-4-7-13(12)11-15(14)16/h3-8,10-11H,2H2,1H3. The Labute approximate surface area is 101 Å². The molecule has 0 heterocycles. The van der Waals surface area contributed by atoms with Crippen molar-refractivity contribution in [3.8, 4) is 5.75 Å². The van der Waals surface area contributed by atoms with Gasteiger partial charge in [0, 0.05) is 11.5 Å². The van der Waals surface area contributed by atoms with E-state index in [2.05, 4.69) is 48.5 Å². The van der Waals surface area contributed by atoms with Gasteiger partial charge in [-0.2, -0.15) is 0 Å². The molecule has 0 fully saturated rings. The predicted molar refractivity (Wildman–Crippen MR) is 71.5 cm³/mol. The predicted octanol–water partition coefficient (Wildman–Crippen LogP) is 4.19. The average molecular weight is 221 g/mol. The molecule has 0 atom stereocenters. The molecule has 0 amide bonds. The van der Waals surface area contributed by atoms with Crippen LogP contribution in [0.1, 0.15) is 6.92 Å². The molecule has 17 heavy (non-hydrogen) atoms. The molecule has 0 saturated carbocycles. The molecule has 0 spiro atoms. The first-order chi connectivity index (χ1) is 8.38. The van der Waals surface area contributed by atoms with Crippen molar-refractivity contribution < 1.29 is 4.74 Å². The molecular weight excluding hydrogens is 208 g/mol. The van der Waals surface area contributed by atoms with E-state index in [-0.39, 0.29) is 0 Å². The lowest BCUT2D eigenvalue weighted by molar-refractivity contribution is 0.343. The molecule has 3 rings (SSSR count). The maximum Gasteiger partial charge on any atom is 0.135 e. The fourth-order valence-corrected chi connectivity index (χ4v) is 2.14. The summed E-state index contributed by atoms with van der Waals surface area (Å²) in [6.07, 6.45) is 0. The highest BCUT2D eigenvalue weighted by Gasteiger charge is 2.03. The first-order valence-electron chi connectivity index (χ1n) is 5.84. The van der Waals surface area contributed by atoms with E-state index in [1.807, 2.05) is 13.0 Å². The van der Waals surface area contributed by atoms with Gasteiger partial charge in [-0.1, -0.05) is 30.3 Å².